The second kappa shape index (κ2) is 6.06. The molecule has 0 atom stereocenters. The summed E-state index contributed by atoms with van der Waals surface area (Å²) < 4.78 is 5.65. The van der Waals surface area contributed by atoms with E-state index in [1.807, 2.05) is 22.6 Å². The van der Waals surface area contributed by atoms with Gasteiger partial charge in [0, 0.05) is 9.64 Å². The zero-order valence-electron chi connectivity index (χ0n) is 8.91. The number of carboxylic acids is 1. The number of amidine groups is 1. The summed E-state index contributed by atoms with van der Waals surface area (Å²) >= 11 is 7.50. The molecule has 5 nitrogen and oxygen atoms in total. The number of nitrogens with two attached hydrogens (primary N) is 1. The van der Waals surface area contributed by atoms with Crippen LogP contribution in [0.5, 0.6) is 5.75 Å². The number of benzene rings is 1. The summed E-state index contributed by atoms with van der Waals surface area (Å²) in [5.74, 6) is -0.451. The molecule has 0 aliphatic rings. The fourth-order valence-electron chi connectivity index (χ4n) is 1.15. The molecular formula is C10H10ClIN2O3. The molecule has 0 amide bonds. The smallest absolute Gasteiger partial charge is 0.339 e. The molecule has 0 saturated carbocycles. The standard InChI is InChI=1S/C10H10ClIN2O3/c1-17-8-3-7(14-9(13)4-11)6(12)2-5(8)10(15)16/h2-3H,4H2,1H3,(H2,13,14)(H,15,16). The molecule has 0 saturated heterocycles. The maximum absolute atomic E-state index is 11.0. The molecule has 0 bridgehead atoms. The topological polar surface area (TPSA) is 84.9 Å². The number of ether oxygens (including phenoxy) is 1. The van der Waals surface area contributed by atoms with E-state index in [2.05, 4.69) is 4.99 Å². The fourth-order valence-corrected chi connectivity index (χ4v) is 1.80. The van der Waals surface area contributed by atoms with Gasteiger partial charge in [-0.1, -0.05) is 0 Å². The fraction of sp³-hybridized carbons (Fsp3) is 0.200. The van der Waals surface area contributed by atoms with Crippen LogP contribution in [-0.4, -0.2) is 29.9 Å². The lowest BCUT2D eigenvalue weighted by atomic mass is 10.2. The average Bonchev–Trinajstić information content (AvgIpc) is 2.30. The highest BCUT2D eigenvalue weighted by Gasteiger charge is 2.14. The second-order valence-electron chi connectivity index (χ2n) is 3.05. The molecule has 0 aliphatic carbocycles. The predicted octanol–water partition coefficient (Wildman–Crippen LogP) is 2.23. The normalized spacial score (nSPS) is 11.4. The van der Waals surface area contributed by atoms with Gasteiger partial charge in [0.05, 0.1) is 18.7 Å². The van der Waals surface area contributed by atoms with Crippen molar-refractivity contribution in [1.29, 1.82) is 0 Å². The Bertz CT molecular complexity index is 477. The third-order valence-electron chi connectivity index (χ3n) is 1.90. The summed E-state index contributed by atoms with van der Waals surface area (Å²) in [4.78, 5) is 15.0. The van der Waals surface area contributed by atoms with Gasteiger partial charge in [0.25, 0.3) is 0 Å². The van der Waals surface area contributed by atoms with Crippen molar-refractivity contribution in [1.82, 2.24) is 0 Å². The number of aromatic carboxylic acids is 1. The minimum atomic E-state index is -1.05. The first-order chi connectivity index (χ1) is 7.99. The number of rotatable bonds is 4. The van der Waals surface area contributed by atoms with Gasteiger partial charge in [-0.25, -0.2) is 9.79 Å². The van der Waals surface area contributed by atoms with Crippen LogP contribution in [0.4, 0.5) is 5.69 Å². The van der Waals surface area contributed by atoms with Crippen LogP contribution in [0.1, 0.15) is 10.4 Å². The molecular weight excluding hydrogens is 358 g/mol. The van der Waals surface area contributed by atoms with E-state index < -0.39 is 5.97 Å². The van der Waals surface area contributed by atoms with Crippen LogP contribution < -0.4 is 10.5 Å². The van der Waals surface area contributed by atoms with Crippen LogP contribution in [0, 0.1) is 3.57 Å². The highest BCUT2D eigenvalue weighted by molar-refractivity contribution is 14.1. The van der Waals surface area contributed by atoms with Gasteiger partial charge in [-0.05, 0) is 28.7 Å². The molecule has 3 N–H and O–H groups in total. The van der Waals surface area contributed by atoms with Gasteiger partial charge in [-0.2, -0.15) is 0 Å². The van der Waals surface area contributed by atoms with Gasteiger partial charge >= 0.3 is 5.97 Å². The van der Waals surface area contributed by atoms with Crippen molar-refractivity contribution >= 4 is 51.7 Å². The zero-order valence-corrected chi connectivity index (χ0v) is 11.8. The van der Waals surface area contributed by atoms with Crippen molar-refractivity contribution in [3.05, 3.63) is 21.3 Å². The van der Waals surface area contributed by atoms with Gasteiger partial charge < -0.3 is 15.6 Å². The van der Waals surface area contributed by atoms with Crippen LogP contribution in [0.3, 0.4) is 0 Å². The maximum Gasteiger partial charge on any atom is 0.339 e. The molecule has 0 fully saturated rings. The number of hydrogen-bond donors (Lipinski definition) is 2. The SMILES string of the molecule is COc1cc(N=C(N)CCl)c(I)cc1C(=O)O. The molecule has 0 heterocycles. The van der Waals surface area contributed by atoms with Crippen molar-refractivity contribution in [2.45, 2.75) is 0 Å². The van der Waals surface area contributed by atoms with Gasteiger partial charge in [0.15, 0.2) is 0 Å². The Kier molecular flexibility index (Phi) is 5.01. The molecule has 7 heteroatoms. The molecule has 0 unspecified atom stereocenters. The summed E-state index contributed by atoms with van der Waals surface area (Å²) in [5.41, 5.74) is 6.14. The van der Waals surface area contributed by atoms with E-state index in [0.717, 1.165) is 0 Å². The molecule has 1 rings (SSSR count). The van der Waals surface area contributed by atoms with Crippen LogP contribution in [-0.2, 0) is 0 Å². The van der Waals surface area contributed by atoms with Crippen molar-refractivity contribution in [3.63, 3.8) is 0 Å². The number of carboxylic acid groups (broad SMARTS) is 1. The van der Waals surface area contributed by atoms with E-state index in [1.165, 1.54) is 19.2 Å². The monoisotopic (exact) mass is 368 g/mol. The number of aliphatic imine (C=N–C) groups is 1. The molecule has 0 spiro atoms. The predicted molar refractivity (Wildman–Crippen MR) is 74.7 cm³/mol. The van der Waals surface area contributed by atoms with E-state index in [1.54, 1.807) is 0 Å². The van der Waals surface area contributed by atoms with E-state index in [0.29, 0.717) is 9.26 Å². The number of nitrogens with zero attached hydrogens (tertiary/aromatic N) is 1. The molecule has 17 heavy (non-hydrogen) atoms. The third kappa shape index (κ3) is 3.47. The van der Waals surface area contributed by atoms with Gasteiger partial charge in [-0.3, -0.25) is 0 Å². The van der Waals surface area contributed by atoms with Crippen LogP contribution in [0.25, 0.3) is 0 Å². The lowest BCUT2D eigenvalue weighted by Crippen LogP contribution is -2.12. The summed E-state index contributed by atoms with van der Waals surface area (Å²) in [5, 5.41) is 8.98. The average molecular weight is 369 g/mol. The quantitative estimate of drug-likeness (QED) is 0.369. The molecule has 0 aromatic heterocycles. The van der Waals surface area contributed by atoms with Crippen molar-refractivity contribution in [2.24, 2.45) is 10.7 Å². The first kappa shape index (κ1) is 14.0. The van der Waals surface area contributed by atoms with E-state index >= 15 is 0 Å². The van der Waals surface area contributed by atoms with Gasteiger partial charge in [0.1, 0.15) is 17.1 Å². The first-order valence-electron chi connectivity index (χ1n) is 4.49. The minimum absolute atomic E-state index is 0.0836. The Morgan fingerprint density at radius 1 is 1.65 bits per heavy atom. The van der Waals surface area contributed by atoms with Crippen molar-refractivity contribution in [3.8, 4) is 5.75 Å². The third-order valence-corrected chi connectivity index (χ3v) is 3.04. The lowest BCUT2D eigenvalue weighted by Gasteiger charge is -2.08. The maximum atomic E-state index is 11.0. The number of alkyl halides is 1. The van der Waals surface area contributed by atoms with Crippen molar-refractivity contribution < 1.29 is 14.6 Å². The zero-order chi connectivity index (χ0) is 13.0. The summed E-state index contributed by atoms with van der Waals surface area (Å²) in [6.45, 7) is 0. The Morgan fingerprint density at radius 3 is 2.76 bits per heavy atom. The Labute approximate surface area is 117 Å². The lowest BCUT2D eigenvalue weighted by molar-refractivity contribution is 0.0693. The van der Waals surface area contributed by atoms with E-state index in [4.69, 9.17) is 27.2 Å². The summed E-state index contributed by atoms with van der Waals surface area (Å²) in [7, 11) is 1.40. The molecule has 0 aliphatic heterocycles. The van der Waals surface area contributed by atoms with Gasteiger partial charge in [0.2, 0.25) is 0 Å². The highest BCUT2D eigenvalue weighted by Crippen LogP contribution is 2.30. The number of hydrogen-bond acceptors (Lipinski definition) is 3. The molecule has 92 valence electrons. The van der Waals surface area contributed by atoms with Crippen LogP contribution >= 0.6 is 34.2 Å². The van der Waals surface area contributed by atoms with Gasteiger partial charge in [-0.15, -0.1) is 11.6 Å². The Hall–Kier alpha value is -1.02. The largest absolute Gasteiger partial charge is 0.496 e. The number of halogens is 2. The van der Waals surface area contributed by atoms with Crippen LogP contribution in [0.15, 0.2) is 17.1 Å². The highest BCUT2D eigenvalue weighted by atomic mass is 127. The Balaban J connectivity index is 3.32. The molecule has 1 aromatic rings. The second-order valence-corrected chi connectivity index (χ2v) is 4.48. The first-order valence-corrected chi connectivity index (χ1v) is 6.10. The summed E-state index contributed by atoms with van der Waals surface area (Å²) in [6.07, 6.45) is 0. The molecule has 0 radical (unpaired) electrons. The van der Waals surface area contributed by atoms with Crippen molar-refractivity contribution in [2.75, 3.05) is 13.0 Å². The minimum Gasteiger partial charge on any atom is -0.496 e. The van der Waals surface area contributed by atoms with E-state index in [-0.39, 0.29) is 23.0 Å². The van der Waals surface area contributed by atoms with E-state index in [9.17, 15) is 4.79 Å². The Morgan fingerprint density at radius 2 is 2.29 bits per heavy atom. The summed E-state index contributed by atoms with van der Waals surface area (Å²) in [6, 6.07) is 2.99. The number of methoxy groups -OCH3 is 1. The van der Waals surface area contributed by atoms with Crippen LogP contribution in [0.2, 0.25) is 0 Å². The number of carbonyl (C=O) groups is 1. The molecule has 1 aromatic carbocycles.